The number of nitrogens with one attached hydrogen (secondary N) is 1. The molecule has 0 saturated heterocycles. The summed E-state index contributed by atoms with van der Waals surface area (Å²) in [4.78, 5) is 0. The normalized spacial score (nSPS) is 17.2. The zero-order valence-corrected chi connectivity index (χ0v) is 15.9. The molecule has 136 valence electrons. The van der Waals surface area contributed by atoms with Gasteiger partial charge in [-0.15, -0.1) is 0 Å². The molecule has 1 aromatic rings. The molecule has 1 aliphatic carbocycles. The molecule has 0 amide bonds. The third-order valence-corrected chi connectivity index (χ3v) is 6.80. The summed E-state index contributed by atoms with van der Waals surface area (Å²) in [7, 11) is -0.0207. The van der Waals surface area contributed by atoms with Gasteiger partial charge < -0.3 is 9.47 Å². The maximum absolute atomic E-state index is 12.5. The summed E-state index contributed by atoms with van der Waals surface area (Å²) in [5.74, 6) is 1.73. The standard InChI is InChI=1S/C18H29NO4S/c1-13(2)16(12-19-24(20,21)15-7-5-6-8-15)14-9-10-17(22-3)18(11-14)23-4/h9-11,13,15-16,19H,5-8,12H2,1-4H3. The van der Waals surface area contributed by atoms with Gasteiger partial charge in [0.1, 0.15) is 0 Å². The van der Waals surface area contributed by atoms with Gasteiger partial charge in [-0.25, -0.2) is 13.1 Å². The first-order chi connectivity index (χ1) is 11.4. The molecule has 0 aromatic heterocycles. The van der Waals surface area contributed by atoms with Crippen molar-refractivity contribution in [2.24, 2.45) is 5.92 Å². The van der Waals surface area contributed by atoms with Crippen molar-refractivity contribution in [3.63, 3.8) is 0 Å². The lowest BCUT2D eigenvalue weighted by Crippen LogP contribution is -2.36. The molecule has 1 fully saturated rings. The topological polar surface area (TPSA) is 64.6 Å². The molecule has 1 unspecified atom stereocenters. The van der Waals surface area contributed by atoms with E-state index in [1.165, 1.54) is 0 Å². The SMILES string of the molecule is COc1ccc(C(CNS(=O)(=O)C2CCCC2)C(C)C)cc1OC. The van der Waals surface area contributed by atoms with Crippen LogP contribution in [0.1, 0.15) is 51.0 Å². The van der Waals surface area contributed by atoms with Crippen LogP contribution in [0.15, 0.2) is 18.2 Å². The van der Waals surface area contributed by atoms with Gasteiger partial charge in [0.15, 0.2) is 11.5 Å². The van der Waals surface area contributed by atoms with Crippen LogP contribution in [0.25, 0.3) is 0 Å². The number of methoxy groups -OCH3 is 2. The van der Waals surface area contributed by atoms with E-state index in [-0.39, 0.29) is 11.2 Å². The van der Waals surface area contributed by atoms with Crippen LogP contribution in [-0.2, 0) is 10.0 Å². The average molecular weight is 356 g/mol. The van der Waals surface area contributed by atoms with E-state index in [2.05, 4.69) is 18.6 Å². The Morgan fingerprint density at radius 2 is 1.75 bits per heavy atom. The van der Waals surface area contributed by atoms with Gasteiger partial charge in [0.25, 0.3) is 0 Å². The van der Waals surface area contributed by atoms with Crippen molar-refractivity contribution in [1.82, 2.24) is 4.72 Å². The van der Waals surface area contributed by atoms with Crippen LogP contribution in [0.4, 0.5) is 0 Å². The summed E-state index contributed by atoms with van der Waals surface area (Å²) in [5, 5.41) is -0.226. The van der Waals surface area contributed by atoms with Crippen molar-refractivity contribution in [3.8, 4) is 11.5 Å². The first-order valence-corrected chi connectivity index (χ1v) is 10.1. The molecule has 0 spiro atoms. The van der Waals surface area contributed by atoms with E-state index in [9.17, 15) is 8.42 Å². The smallest absolute Gasteiger partial charge is 0.214 e. The van der Waals surface area contributed by atoms with E-state index in [0.717, 1.165) is 31.2 Å². The van der Waals surface area contributed by atoms with Gasteiger partial charge >= 0.3 is 0 Å². The Hall–Kier alpha value is -1.27. The largest absolute Gasteiger partial charge is 0.493 e. The van der Waals surface area contributed by atoms with Gasteiger partial charge in [0, 0.05) is 6.54 Å². The zero-order chi connectivity index (χ0) is 17.7. The molecular weight excluding hydrogens is 326 g/mol. The molecule has 1 atom stereocenters. The first kappa shape index (κ1) is 19.1. The summed E-state index contributed by atoms with van der Waals surface area (Å²) in [6.07, 6.45) is 3.57. The lowest BCUT2D eigenvalue weighted by atomic mass is 9.88. The molecule has 0 heterocycles. The summed E-state index contributed by atoms with van der Waals surface area (Å²) < 4.78 is 38.4. The van der Waals surface area contributed by atoms with E-state index in [4.69, 9.17) is 9.47 Å². The lowest BCUT2D eigenvalue weighted by molar-refractivity contribution is 0.353. The molecule has 0 aliphatic heterocycles. The van der Waals surface area contributed by atoms with Gasteiger partial charge in [-0.3, -0.25) is 0 Å². The highest BCUT2D eigenvalue weighted by atomic mass is 32.2. The molecular formula is C18H29NO4S. The Morgan fingerprint density at radius 1 is 1.12 bits per heavy atom. The Bertz CT molecular complexity index is 636. The van der Waals surface area contributed by atoms with E-state index < -0.39 is 10.0 Å². The van der Waals surface area contributed by atoms with Crippen molar-refractivity contribution in [1.29, 1.82) is 0 Å². The van der Waals surface area contributed by atoms with Crippen LogP contribution in [0.5, 0.6) is 11.5 Å². The monoisotopic (exact) mass is 355 g/mol. The predicted octanol–water partition coefficient (Wildman–Crippen LogP) is 3.31. The highest BCUT2D eigenvalue weighted by molar-refractivity contribution is 7.90. The minimum atomic E-state index is -3.23. The number of ether oxygens (including phenoxy) is 2. The lowest BCUT2D eigenvalue weighted by Gasteiger charge is -2.24. The second-order valence-electron chi connectivity index (χ2n) is 6.76. The average Bonchev–Trinajstić information content (AvgIpc) is 3.09. The Morgan fingerprint density at radius 3 is 2.29 bits per heavy atom. The Kier molecular flexibility index (Phi) is 6.52. The summed E-state index contributed by atoms with van der Waals surface area (Å²) in [6, 6.07) is 5.79. The highest BCUT2D eigenvalue weighted by Crippen LogP contribution is 2.33. The van der Waals surface area contributed by atoms with E-state index in [1.807, 2.05) is 18.2 Å². The van der Waals surface area contributed by atoms with Gasteiger partial charge in [0.05, 0.1) is 19.5 Å². The third kappa shape index (κ3) is 4.42. The molecule has 1 N–H and O–H groups in total. The molecule has 2 rings (SSSR count). The second kappa shape index (κ2) is 8.21. The summed E-state index contributed by atoms with van der Waals surface area (Å²) in [6.45, 7) is 4.61. The number of benzene rings is 1. The molecule has 5 nitrogen and oxygen atoms in total. The number of hydrogen-bond acceptors (Lipinski definition) is 4. The van der Waals surface area contributed by atoms with Gasteiger partial charge in [0.2, 0.25) is 10.0 Å². The molecule has 0 radical (unpaired) electrons. The van der Waals surface area contributed by atoms with E-state index in [1.54, 1.807) is 14.2 Å². The van der Waals surface area contributed by atoms with Crippen molar-refractivity contribution in [2.75, 3.05) is 20.8 Å². The van der Waals surface area contributed by atoms with Gasteiger partial charge in [-0.05, 0) is 42.4 Å². The van der Waals surface area contributed by atoms with Crippen LogP contribution in [0, 0.1) is 5.92 Å². The van der Waals surface area contributed by atoms with Crippen molar-refractivity contribution >= 4 is 10.0 Å². The Labute approximate surface area is 145 Å². The Balaban J connectivity index is 2.15. The fraction of sp³-hybridized carbons (Fsp3) is 0.667. The molecule has 1 saturated carbocycles. The number of sulfonamides is 1. The maximum Gasteiger partial charge on any atom is 0.214 e. The maximum atomic E-state index is 12.5. The van der Waals surface area contributed by atoms with Crippen LogP contribution in [-0.4, -0.2) is 34.4 Å². The third-order valence-electron chi connectivity index (χ3n) is 4.89. The summed E-state index contributed by atoms with van der Waals surface area (Å²) >= 11 is 0. The predicted molar refractivity (Wildman–Crippen MR) is 96.3 cm³/mol. The fourth-order valence-electron chi connectivity index (χ4n) is 3.34. The fourth-order valence-corrected chi connectivity index (χ4v) is 4.95. The van der Waals surface area contributed by atoms with Crippen LogP contribution >= 0.6 is 0 Å². The zero-order valence-electron chi connectivity index (χ0n) is 15.0. The molecule has 1 aliphatic rings. The van der Waals surface area contributed by atoms with Crippen molar-refractivity contribution in [2.45, 2.75) is 50.7 Å². The quantitative estimate of drug-likeness (QED) is 0.777. The minimum absolute atomic E-state index is 0.0842. The van der Waals surface area contributed by atoms with E-state index >= 15 is 0 Å². The highest BCUT2D eigenvalue weighted by Gasteiger charge is 2.29. The van der Waals surface area contributed by atoms with Crippen LogP contribution < -0.4 is 14.2 Å². The first-order valence-electron chi connectivity index (χ1n) is 8.59. The van der Waals surface area contributed by atoms with Crippen LogP contribution in [0.3, 0.4) is 0 Å². The molecule has 0 bridgehead atoms. The molecule has 24 heavy (non-hydrogen) atoms. The molecule has 1 aromatic carbocycles. The number of rotatable bonds is 8. The number of hydrogen-bond donors (Lipinski definition) is 1. The summed E-state index contributed by atoms with van der Waals surface area (Å²) in [5.41, 5.74) is 1.05. The van der Waals surface area contributed by atoms with Crippen molar-refractivity contribution < 1.29 is 17.9 Å². The minimum Gasteiger partial charge on any atom is -0.493 e. The van der Waals surface area contributed by atoms with E-state index in [0.29, 0.717) is 24.0 Å². The molecule has 6 heteroatoms. The van der Waals surface area contributed by atoms with Crippen molar-refractivity contribution in [3.05, 3.63) is 23.8 Å². The second-order valence-corrected chi connectivity index (χ2v) is 8.81. The van der Waals surface area contributed by atoms with Crippen LogP contribution in [0.2, 0.25) is 0 Å². The van der Waals surface area contributed by atoms with Gasteiger partial charge in [-0.1, -0.05) is 32.8 Å². The van der Waals surface area contributed by atoms with Gasteiger partial charge in [-0.2, -0.15) is 0 Å².